The maximum atomic E-state index is 12.7. The van der Waals surface area contributed by atoms with E-state index < -0.39 is 0 Å². The second-order valence-electron chi connectivity index (χ2n) is 6.33. The Kier molecular flexibility index (Phi) is 6.73. The molecule has 0 radical (unpaired) electrons. The van der Waals surface area contributed by atoms with Crippen LogP contribution in [0.2, 0.25) is 0 Å². The van der Waals surface area contributed by atoms with Crippen molar-refractivity contribution in [3.8, 4) is 0 Å². The molecule has 0 bridgehead atoms. The molecule has 0 heterocycles. The Bertz CT molecular complexity index is 725. The van der Waals surface area contributed by atoms with Gasteiger partial charge in [0.1, 0.15) is 0 Å². The van der Waals surface area contributed by atoms with E-state index >= 15 is 0 Å². The molecule has 1 aliphatic rings. The van der Waals surface area contributed by atoms with Gasteiger partial charge >= 0.3 is 0 Å². The molecule has 1 aliphatic carbocycles. The van der Waals surface area contributed by atoms with Crippen molar-refractivity contribution in [3.63, 3.8) is 0 Å². The Labute approximate surface area is 154 Å². The predicted molar refractivity (Wildman–Crippen MR) is 101 cm³/mol. The van der Waals surface area contributed by atoms with Crippen molar-refractivity contribution >= 4 is 24.1 Å². The van der Waals surface area contributed by atoms with Gasteiger partial charge in [0, 0.05) is 23.2 Å². The largest absolute Gasteiger partial charge is 0.349 e. The molecule has 25 heavy (non-hydrogen) atoms. The number of benzene rings is 2. The van der Waals surface area contributed by atoms with E-state index in [0.29, 0.717) is 16.7 Å². The molecule has 0 aromatic heterocycles. The summed E-state index contributed by atoms with van der Waals surface area (Å²) in [5.74, 6) is -0.317. The van der Waals surface area contributed by atoms with Crippen LogP contribution in [0.25, 0.3) is 0 Å². The number of amides is 1. The topological polar surface area (TPSA) is 72.2 Å². The fourth-order valence-corrected chi connectivity index (χ4v) is 3.15. The zero-order chi connectivity index (χ0) is 16.9. The van der Waals surface area contributed by atoms with E-state index in [1.165, 1.54) is 0 Å². The van der Waals surface area contributed by atoms with Crippen LogP contribution >= 0.6 is 12.4 Å². The summed E-state index contributed by atoms with van der Waals surface area (Å²) in [5.41, 5.74) is 7.36. The lowest BCUT2D eigenvalue weighted by Gasteiger charge is -2.27. The molecule has 0 unspecified atom stereocenters. The van der Waals surface area contributed by atoms with Crippen LogP contribution in [0, 0.1) is 0 Å². The van der Waals surface area contributed by atoms with Crippen LogP contribution in [0.15, 0.2) is 54.6 Å². The molecule has 0 saturated heterocycles. The van der Waals surface area contributed by atoms with Crippen molar-refractivity contribution in [3.05, 3.63) is 71.3 Å². The summed E-state index contributed by atoms with van der Waals surface area (Å²) >= 11 is 0. The predicted octanol–water partition coefficient (Wildman–Crippen LogP) is 3.34. The first-order valence-electron chi connectivity index (χ1n) is 8.40. The molecule has 0 spiro atoms. The SMILES string of the molecule is Cl.NC1CCC(NC(=O)c2ccccc2C(=O)c2ccccc2)CC1. The second-order valence-corrected chi connectivity index (χ2v) is 6.33. The average Bonchev–Trinajstić information content (AvgIpc) is 2.63. The Morgan fingerprint density at radius 2 is 1.40 bits per heavy atom. The number of rotatable bonds is 4. The van der Waals surface area contributed by atoms with Gasteiger partial charge in [-0.25, -0.2) is 0 Å². The van der Waals surface area contributed by atoms with Crippen LogP contribution < -0.4 is 11.1 Å². The standard InChI is InChI=1S/C20H22N2O2.ClH/c21-15-10-12-16(13-11-15)22-20(24)18-9-5-4-8-17(18)19(23)14-6-2-1-3-7-14;/h1-9,15-16H,10-13,21H2,(H,22,24);1H. The van der Waals surface area contributed by atoms with Crippen LogP contribution in [0.3, 0.4) is 0 Å². The van der Waals surface area contributed by atoms with Crippen molar-refractivity contribution in [2.75, 3.05) is 0 Å². The van der Waals surface area contributed by atoms with E-state index in [1.807, 2.05) is 18.2 Å². The highest BCUT2D eigenvalue weighted by molar-refractivity contribution is 6.15. The van der Waals surface area contributed by atoms with Gasteiger partial charge in [0.05, 0.1) is 5.56 Å². The Morgan fingerprint density at radius 1 is 0.840 bits per heavy atom. The third kappa shape index (κ3) is 4.68. The quantitative estimate of drug-likeness (QED) is 0.823. The number of carbonyl (C=O) groups is 2. The van der Waals surface area contributed by atoms with Gasteiger partial charge in [0.2, 0.25) is 0 Å². The third-order valence-electron chi connectivity index (χ3n) is 4.56. The highest BCUT2D eigenvalue weighted by Crippen LogP contribution is 2.19. The lowest BCUT2D eigenvalue weighted by molar-refractivity contribution is 0.0916. The van der Waals surface area contributed by atoms with Crippen molar-refractivity contribution in [2.45, 2.75) is 37.8 Å². The van der Waals surface area contributed by atoms with Crippen molar-refractivity contribution in [1.82, 2.24) is 5.32 Å². The first-order chi connectivity index (χ1) is 11.6. The van der Waals surface area contributed by atoms with E-state index in [-0.39, 0.29) is 36.2 Å². The summed E-state index contributed by atoms with van der Waals surface area (Å²) in [4.78, 5) is 25.4. The molecule has 4 nitrogen and oxygen atoms in total. The Balaban J connectivity index is 0.00000225. The van der Waals surface area contributed by atoms with E-state index in [9.17, 15) is 9.59 Å². The molecule has 3 N–H and O–H groups in total. The fraction of sp³-hybridized carbons (Fsp3) is 0.300. The summed E-state index contributed by atoms with van der Waals surface area (Å²) < 4.78 is 0. The van der Waals surface area contributed by atoms with Crippen LogP contribution in [0.1, 0.15) is 52.0 Å². The van der Waals surface area contributed by atoms with Gasteiger partial charge in [0.25, 0.3) is 5.91 Å². The van der Waals surface area contributed by atoms with Crippen molar-refractivity contribution in [1.29, 1.82) is 0 Å². The highest BCUT2D eigenvalue weighted by atomic mass is 35.5. The summed E-state index contributed by atoms with van der Waals surface area (Å²) in [5, 5.41) is 3.06. The number of hydrogen-bond acceptors (Lipinski definition) is 3. The fourth-order valence-electron chi connectivity index (χ4n) is 3.15. The molecule has 2 aromatic carbocycles. The van der Waals surface area contributed by atoms with Gasteiger partial charge in [-0.2, -0.15) is 0 Å². The van der Waals surface area contributed by atoms with Crippen LogP contribution in [0.4, 0.5) is 0 Å². The van der Waals surface area contributed by atoms with Gasteiger partial charge in [-0.1, -0.05) is 48.5 Å². The first kappa shape index (κ1) is 19.2. The molecule has 2 aromatic rings. The van der Waals surface area contributed by atoms with Crippen molar-refractivity contribution in [2.24, 2.45) is 5.73 Å². The maximum Gasteiger partial charge on any atom is 0.252 e. The lowest BCUT2D eigenvalue weighted by Crippen LogP contribution is -2.40. The average molecular weight is 359 g/mol. The summed E-state index contributed by atoms with van der Waals surface area (Å²) in [6, 6.07) is 16.4. The first-order valence-corrected chi connectivity index (χ1v) is 8.40. The second kappa shape index (κ2) is 8.79. The number of hydrogen-bond donors (Lipinski definition) is 2. The van der Waals surface area contributed by atoms with Crippen LogP contribution in [0.5, 0.6) is 0 Å². The Hall–Kier alpha value is -2.17. The van der Waals surface area contributed by atoms with Gasteiger partial charge in [-0.3, -0.25) is 9.59 Å². The molecular formula is C20H23ClN2O2. The zero-order valence-corrected chi connectivity index (χ0v) is 14.8. The molecule has 1 fully saturated rings. The minimum absolute atomic E-state index is 0. The molecular weight excluding hydrogens is 336 g/mol. The summed E-state index contributed by atoms with van der Waals surface area (Å²) in [7, 11) is 0. The van der Waals surface area contributed by atoms with E-state index in [4.69, 9.17) is 5.73 Å². The third-order valence-corrected chi connectivity index (χ3v) is 4.56. The minimum Gasteiger partial charge on any atom is -0.349 e. The molecule has 0 atom stereocenters. The molecule has 1 amide bonds. The molecule has 0 aliphatic heterocycles. The number of ketones is 1. The number of carbonyl (C=O) groups excluding carboxylic acids is 2. The number of nitrogens with two attached hydrogens (primary N) is 1. The van der Waals surface area contributed by atoms with Crippen molar-refractivity contribution < 1.29 is 9.59 Å². The molecule has 132 valence electrons. The molecule has 1 saturated carbocycles. The van der Waals surface area contributed by atoms with E-state index in [1.54, 1.807) is 36.4 Å². The summed E-state index contributed by atoms with van der Waals surface area (Å²) in [6.45, 7) is 0. The molecule has 5 heteroatoms. The maximum absolute atomic E-state index is 12.7. The number of halogens is 1. The Morgan fingerprint density at radius 3 is 2.04 bits per heavy atom. The minimum atomic E-state index is -0.185. The van der Waals surface area contributed by atoms with Gasteiger partial charge in [0.15, 0.2) is 5.78 Å². The smallest absolute Gasteiger partial charge is 0.252 e. The van der Waals surface area contributed by atoms with E-state index in [0.717, 1.165) is 25.7 Å². The van der Waals surface area contributed by atoms with E-state index in [2.05, 4.69) is 5.32 Å². The number of nitrogens with one attached hydrogen (secondary N) is 1. The molecule has 3 rings (SSSR count). The lowest BCUT2D eigenvalue weighted by atomic mass is 9.91. The van der Waals surface area contributed by atoms with Gasteiger partial charge in [-0.05, 0) is 31.7 Å². The summed E-state index contributed by atoms with van der Waals surface area (Å²) in [6.07, 6.45) is 3.63. The monoisotopic (exact) mass is 358 g/mol. The van der Waals surface area contributed by atoms with Crippen LogP contribution in [-0.4, -0.2) is 23.8 Å². The normalized spacial score (nSPS) is 19.6. The van der Waals surface area contributed by atoms with Gasteiger partial charge in [-0.15, -0.1) is 12.4 Å². The zero-order valence-electron chi connectivity index (χ0n) is 14.0. The van der Waals surface area contributed by atoms with Gasteiger partial charge < -0.3 is 11.1 Å². The highest BCUT2D eigenvalue weighted by Gasteiger charge is 2.23. The van der Waals surface area contributed by atoms with Crippen LogP contribution in [-0.2, 0) is 0 Å².